The predicted molar refractivity (Wildman–Crippen MR) is 92.3 cm³/mol. The van der Waals surface area contributed by atoms with Crippen molar-refractivity contribution in [2.24, 2.45) is 0 Å². The first-order valence-electron chi connectivity index (χ1n) is 7.58. The molecule has 0 aliphatic carbocycles. The Morgan fingerprint density at radius 3 is 2.17 bits per heavy atom. The van der Waals surface area contributed by atoms with Gasteiger partial charge in [0.2, 0.25) is 10.0 Å². The topological polar surface area (TPSA) is 92.8 Å². The first kappa shape index (κ1) is 20.0. The summed E-state index contributed by atoms with van der Waals surface area (Å²) >= 11 is 0. The van der Waals surface area contributed by atoms with Crippen LogP contribution in [0.3, 0.4) is 0 Å². The summed E-state index contributed by atoms with van der Waals surface area (Å²) in [5, 5.41) is 0. The van der Waals surface area contributed by atoms with Gasteiger partial charge in [-0.2, -0.15) is 0 Å². The van der Waals surface area contributed by atoms with Gasteiger partial charge >= 0.3 is 5.97 Å². The molecule has 0 saturated heterocycles. The molecule has 0 aromatic heterocycles. The van der Waals surface area contributed by atoms with E-state index >= 15 is 0 Å². The number of esters is 1. The lowest BCUT2D eigenvalue weighted by atomic mass is 10.2. The van der Waals surface area contributed by atoms with Crippen LogP contribution in [0.5, 0.6) is 0 Å². The third-order valence-electron chi connectivity index (χ3n) is 3.17. The van der Waals surface area contributed by atoms with Crippen molar-refractivity contribution in [3.05, 3.63) is 29.8 Å². The Hall–Kier alpha value is -2.09. The highest BCUT2D eigenvalue weighted by molar-refractivity contribution is 7.92. The average Bonchev–Trinajstić information content (AvgIpc) is 2.42. The maximum Gasteiger partial charge on any atom is 0.340 e. The molecule has 0 radical (unpaired) electrons. The molecule has 7 nitrogen and oxygen atoms in total. The van der Waals surface area contributed by atoms with Crippen LogP contribution in [-0.2, 0) is 19.6 Å². The van der Waals surface area contributed by atoms with E-state index in [1.54, 1.807) is 17.0 Å². The van der Waals surface area contributed by atoms with Crippen LogP contribution in [0, 0.1) is 0 Å². The Kier molecular flexibility index (Phi) is 6.77. The largest absolute Gasteiger partial charge is 0.452 e. The van der Waals surface area contributed by atoms with Gasteiger partial charge in [0.1, 0.15) is 0 Å². The molecule has 24 heavy (non-hydrogen) atoms. The molecule has 134 valence electrons. The predicted octanol–water partition coefficient (Wildman–Crippen LogP) is 1.86. The van der Waals surface area contributed by atoms with Crippen LogP contribution in [0.15, 0.2) is 24.3 Å². The summed E-state index contributed by atoms with van der Waals surface area (Å²) in [6.45, 7) is 7.12. The molecule has 1 N–H and O–H groups in total. The molecule has 0 bridgehead atoms. The van der Waals surface area contributed by atoms with Crippen molar-refractivity contribution >= 4 is 27.6 Å². The molecule has 1 amide bonds. The summed E-state index contributed by atoms with van der Waals surface area (Å²) in [6, 6.07) is 6.03. The first-order valence-corrected chi connectivity index (χ1v) is 9.47. The van der Waals surface area contributed by atoms with E-state index in [0.29, 0.717) is 0 Å². The Bertz CT molecular complexity index is 690. The van der Waals surface area contributed by atoms with Gasteiger partial charge in [-0.1, -0.05) is 12.1 Å². The van der Waals surface area contributed by atoms with Gasteiger partial charge in [-0.25, -0.2) is 13.2 Å². The zero-order valence-corrected chi connectivity index (χ0v) is 15.4. The molecule has 0 fully saturated rings. The molecular formula is C16H24N2O5S. The smallest absolute Gasteiger partial charge is 0.340 e. The van der Waals surface area contributed by atoms with Crippen molar-refractivity contribution in [1.82, 2.24) is 4.90 Å². The van der Waals surface area contributed by atoms with E-state index in [4.69, 9.17) is 4.74 Å². The van der Waals surface area contributed by atoms with E-state index in [1.165, 1.54) is 12.1 Å². The molecule has 0 unspecified atom stereocenters. The lowest BCUT2D eigenvalue weighted by Crippen LogP contribution is -2.44. The van der Waals surface area contributed by atoms with Gasteiger partial charge in [0.25, 0.3) is 5.91 Å². The molecule has 8 heteroatoms. The van der Waals surface area contributed by atoms with Crippen molar-refractivity contribution in [2.45, 2.75) is 39.8 Å². The molecule has 0 aliphatic heterocycles. The van der Waals surface area contributed by atoms with Crippen molar-refractivity contribution in [2.75, 3.05) is 17.6 Å². The third-order valence-corrected chi connectivity index (χ3v) is 3.76. The number of amides is 1. The van der Waals surface area contributed by atoms with Gasteiger partial charge in [0.05, 0.1) is 17.5 Å². The summed E-state index contributed by atoms with van der Waals surface area (Å²) in [5.41, 5.74) is 0.165. The molecule has 0 spiro atoms. The molecule has 0 aliphatic rings. The number of sulfonamides is 1. The van der Waals surface area contributed by atoms with E-state index < -0.39 is 22.6 Å². The highest BCUT2D eigenvalue weighted by Gasteiger charge is 2.22. The SMILES string of the molecule is CC(C)N(C(=O)COC(=O)c1ccccc1NS(C)(=O)=O)C(C)C. The lowest BCUT2D eigenvalue weighted by molar-refractivity contribution is -0.138. The van der Waals surface area contributed by atoms with Crippen LogP contribution < -0.4 is 4.72 Å². The van der Waals surface area contributed by atoms with Crippen molar-refractivity contribution < 1.29 is 22.7 Å². The normalized spacial score (nSPS) is 11.5. The molecule has 0 saturated carbocycles. The minimum Gasteiger partial charge on any atom is -0.452 e. The highest BCUT2D eigenvalue weighted by atomic mass is 32.2. The summed E-state index contributed by atoms with van der Waals surface area (Å²) in [5.74, 6) is -1.07. The monoisotopic (exact) mass is 356 g/mol. The van der Waals surface area contributed by atoms with Crippen molar-refractivity contribution in [3.8, 4) is 0 Å². The molecule has 0 heterocycles. The fraction of sp³-hybridized carbons (Fsp3) is 0.500. The maximum atomic E-state index is 12.2. The number of para-hydroxylation sites is 1. The Morgan fingerprint density at radius 2 is 1.67 bits per heavy atom. The average molecular weight is 356 g/mol. The van der Waals surface area contributed by atoms with Crippen molar-refractivity contribution in [3.63, 3.8) is 0 Å². The fourth-order valence-electron chi connectivity index (χ4n) is 2.40. The van der Waals surface area contributed by atoms with Crippen LogP contribution in [0.1, 0.15) is 38.1 Å². The quantitative estimate of drug-likeness (QED) is 0.753. The first-order chi connectivity index (χ1) is 11.0. The Morgan fingerprint density at radius 1 is 1.12 bits per heavy atom. The Balaban J connectivity index is 2.84. The number of ether oxygens (including phenoxy) is 1. The van der Waals surface area contributed by atoms with E-state index in [0.717, 1.165) is 6.26 Å². The number of carbonyl (C=O) groups excluding carboxylic acids is 2. The number of rotatable bonds is 7. The maximum absolute atomic E-state index is 12.2. The van der Waals surface area contributed by atoms with E-state index in [-0.39, 0.29) is 29.2 Å². The van der Waals surface area contributed by atoms with Crippen LogP contribution in [0.2, 0.25) is 0 Å². The lowest BCUT2D eigenvalue weighted by Gasteiger charge is -2.30. The molecule has 1 aromatic rings. The zero-order chi connectivity index (χ0) is 18.5. The number of carbonyl (C=O) groups is 2. The number of hydrogen-bond donors (Lipinski definition) is 1. The second-order valence-electron chi connectivity index (χ2n) is 5.98. The standard InChI is InChI=1S/C16H24N2O5S/c1-11(2)18(12(3)4)15(19)10-23-16(20)13-8-6-7-9-14(13)17-24(5,21)22/h6-9,11-12,17H,10H2,1-5H3. The summed E-state index contributed by atoms with van der Waals surface area (Å²) in [4.78, 5) is 26.0. The van der Waals surface area contributed by atoms with Crippen molar-refractivity contribution in [1.29, 1.82) is 0 Å². The number of benzene rings is 1. The van der Waals surface area contributed by atoms with Gasteiger partial charge in [0, 0.05) is 12.1 Å². The highest BCUT2D eigenvalue weighted by Crippen LogP contribution is 2.17. The Labute approximate surface area is 143 Å². The van der Waals surface area contributed by atoms with Crippen LogP contribution in [0.25, 0.3) is 0 Å². The molecule has 1 rings (SSSR count). The minimum absolute atomic E-state index is 0.0182. The minimum atomic E-state index is -3.53. The second-order valence-corrected chi connectivity index (χ2v) is 7.73. The number of anilines is 1. The second kappa shape index (κ2) is 8.14. The zero-order valence-electron chi connectivity index (χ0n) is 14.6. The van der Waals surface area contributed by atoms with Crippen LogP contribution >= 0.6 is 0 Å². The number of hydrogen-bond acceptors (Lipinski definition) is 5. The van der Waals surface area contributed by atoms with Gasteiger partial charge in [-0.05, 0) is 39.8 Å². The van der Waals surface area contributed by atoms with Gasteiger partial charge in [-0.15, -0.1) is 0 Å². The van der Waals surface area contributed by atoms with E-state index in [9.17, 15) is 18.0 Å². The van der Waals surface area contributed by atoms with Crippen LogP contribution in [0.4, 0.5) is 5.69 Å². The number of nitrogens with one attached hydrogen (secondary N) is 1. The van der Waals surface area contributed by atoms with E-state index in [1.807, 2.05) is 27.7 Å². The van der Waals surface area contributed by atoms with Crippen LogP contribution in [-0.4, -0.2) is 50.1 Å². The molecule has 1 aromatic carbocycles. The third kappa shape index (κ3) is 5.84. The summed E-state index contributed by atoms with van der Waals surface area (Å²) in [6.07, 6.45) is 0.988. The fourth-order valence-corrected chi connectivity index (χ4v) is 2.98. The van der Waals surface area contributed by atoms with Gasteiger partial charge < -0.3 is 9.64 Å². The summed E-state index contributed by atoms with van der Waals surface area (Å²) in [7, 11) is -3.53. The summed E-state index contributed by atoms with van der Waals surface area (Å²) < 4.78 is 30.0. The number of nitrogens with zero attached hydrogens (tertiary/aromatic N) is 1. The van der Waals surface area contributed by atoms with E-state index in [2.05, 4.69) is 4.72 Å². The van der Waals surface area contributed by atoms with Gasteiger partial charge in [0.15, 0.2) is 6.61 Å². The molecule has 0 atom stereocenters. The van der Waals surface area contributed by atoms with Gasteiger partial charge in [-0.3, -0.25) is 9.52 Å². The molecular weight excluding hydrogens is 332 g/mol.